The minimum atomic E-state index is -0.701. The van der Waals surface area contributed by atoms with Crippen LogP contribution in [0, 0.1) is 0 Å². The topological polar surface area (TPSA) is 95.9 Å². The number of unbranched alkanes of at least 4 members (excludes halogenated alkanes) is 31. The summed E-state index contributed by atoms with van der Waals surface area (Å²) < 4.78 is 5.45. The van der Waals surface area contributed by atoms with Crippen molar-refractivity contribution in [2.45, 2.75) is 289 Å². The number of amides is 1. The third-order valence-electron chi connectivity index (χ3n) is 12.4. The van der Waals surface area contributed by atoms with Gasteiger partial charge >= 0.3 is 5.97 Å². The van der Waals surface area contributed by atoms with Gasteiger partial charge in [-0.05, 0) is 77.0 Å². The first-order valence-corrected chi connectivity index (χ1v) is 27.4. The average Bonchev–Trinajstić information content (AvgIpc) is 3.28. The van der Waals surface area contributed by atoms with Crippen LogP contribution in [0.15, 0.2) is 48.6 Å². The number of aliphatic hydroxyl groups excluding tert-OH is 2. The van der Waals surface area contributed by atoms with Crippen LogP contribution in [0.5, 0.6) is 0 Å². The Kier molecular flexibility index (Phi) is 50.6. The molecular weight excluding hydrogens is 779 g/mol. The third-order valence-corrected chi connectivity index (χ3v) is 12.4. The second-order valence-electron chi connectivity index (χ2n) is 18.6. The molecule has 2 atom stereocenters. The standard InChI is InChI=1S/C57H105NO5/c1-3-5-7-9-11-13-15-17-19-21-22-25-29-33-37-41-45-49-55(60)54(53-59)58-56(61)50-46-42-38-34-30-26-24-28-32-36-40-44-48-52-63-57(62)51-47-43-39-35-31-27-23-20-18-16-14-12-10-8-6-4-2/h14,16,20,23,26,30,38,42,54-55,59-60H,3-13,15,17-19,21-22,24-25,27-29,31-37,39-41,43-53H2,1-2H3,(H,58,61)/b16-14-,23-20-,30-26-,42-38-. The first kappa shape index (κ1) is 60.8. The molecule has 0 aromatic carbocycles. The summed E-state index contributed by atoms with van der Waals surface area (Å²) in [5, 5.41) is 23.2. The number of esters is 1. The lowest BCUT2D eigenvalue weighted by atomic mass is 10.0. The van der Waals surface area contributed by atoms with Gasteiger partial charge in [0, 0.05) is 12.8 Å². The molecule has 0 fully saturated rings. The molecule has 0 aliphatic rings. The first-order valence-electron chi connectivity index (χ1n) is 27.4. The van der Waals surface area contributed by atoms with E-state index < -0.39 is 12.1 Å². The highest BCUT2D eigenvalue weighted by Crippen LogP contribution is 2.16. The number of nitrogens with one attached hydrogen (secondary N) is 1. The summed E-state index contributed by atoms with van der Waals surface area (Å²) in [7, 11) is 0. The molecule has 0 aliphatic heterocycles. The van der Waals surface area contributed by atoms with Crippen LogP contribution >= 0.6 is 0 Å². The van der Waals surface area contributed by atoms with E-state index in [-0.39, 0.29) is 18.5 Å². The minimum absolute atomic E-state index is 0.0308. The van der Waals surface area contributed by atoms with Crippen LogP contribution in [0.25, 0.3) is 0 Å². The van der Waals surface area contributed by atoms with Gasteiger partial charge in [-0.25, -0.2) is 0 Å². The van der Waals surface area contributed by atoms with E-state index in [1.165, 1.54) is 173 Å². The van der Waals surface area contributed by atoms with E-state index in [2.05, 4.69) is 61.7 Å². The Morgan fingerprint density at radius 1 is 0.444 bits per heavy atom. The Labute approximate surface area is 391 Å². The van der Waals surface area contributed by atoms with E-state index in [0.717, 1.165) is 64.2 Å². The van der Waals surface area contributed by atoms with E-state index in [1.807, 2.05) is 6.08 Å². The van der Waals surface area contributed by atoms with Crippen LogP contribution in [-0.4, -0.2) is 47.4 Å². The molecule has 0 rings (SSSR count). The normalized spacial score (nSPS) is 13.0. The van der Waals surface area contributed by atoms with Crippen molar-refractivity contribution in [2.75, 3.05) is 13.2 Å². The van der Waals surface area contributed by atoms with Crippen molar-refractivity contribution in [1.82, 2.24) is 5.32 Å². The fourth-order valence-electron chi connectivity index (χ4n) is 8.13. The van der Waals surface area contributed by atoms with Gasteiger partial charge in [0.2, 0.25) is 5.91 Å². The Hall–Kier alpha value is -2.18. The monoisotopic (exact) mass is 884 g/mol. The summed E-state index contributed by atoms with van der Waals surface area (Å²) in [4.78, 5) is 24.5. The highest BCUT2D eigenvalue weighted by Gasteiger charge is 2.19. The smallest absolute Gasteiger partial charge is 0.305 e. The Morgan fingerprint density at radius 2 is 0.810 bits per heavy atom. The Bertz CT molecular complexity index is 1070. The largest absolute Gasteiger partial charge is 0.466 e. The zero-order valence-electron chi connectivity index (χ0n) is 41.8. The zero-order valence-corrected chi connectivity index (χ0v) is 41.8. The van der Waals surface area contributed by atoms with Crippen molar-refractivity contribution < 1.29 is 24.5 Å². The quantitative estimate of drug-likeness (QED) is 0.0321. The Balaban J connectivity index is 3.56. The lowest BCUT2D eigenvalue weighted by Crippen LogP contribution is -2.45. The fourth-order valence-corrected chi connectivity index (χ4v) is 8.13. The molecule has 0 bridgehead atoms. The van der Waals surface area contributed by atoms with Crippen LogP contribution in [0.3, 0.4) is 0 Å². The van der Waals surface area contributed by atoms with Crippen LogP contribution in [0.4, 0.5) is 0 Å². The van der Waals surface area contributed by atoms with Crippen LogP contribution in [0.1, 0.15) is 277 Å². The highest BCUT2D eigenvalue weighted by atomic mass is 16.5. The molecule has 368 valence electrons. The molecule has 0 radical (unpaired) electrons. The first-order chi connectivity index (χ1) is 31.0. The number of carbonyl (C=O) groups excluding carboxylic acids is 2. The van der Waals surface area contributed by atoms with Gasteiger partial charge in [-0.1, -0.05) is 236 Å². The van der Waals surface area contributed by atoms with Gasteiger partial charge in [0.1, 0.15) is 0 Å². The Morgan fingerprint density at radius 3 is 1.25 bits per heavy atom. The van der Waals surface area contributed by atoms with E-state index in [0.29, 0.717) is 32.3 Å². The van der Waals surface area contributed by atoms with Crippen LogP contribution in [0.2, 0.25) is 0 Å². The third kappa shape index (κ3) is 49.1. The number of ether oxygens (including phenoxy) is 1. The maximum Gasteiger partial charge on any atom is 0.305 e. The van der Waals surface area contributed by atoms with E-state index >= 15 is 0 Å². The molecule has 0 aliphatic carbocycles. The van der Waals surface area contributed by atoms with Crippen LogP contribution < -0.4 is 5.32 Å². The molecule has 0 aromatic heterocycles. The molecule has 0 heterocycles. The summed E-state index contributed by atoms with van der Waals surface area (Å²) in [6.45, 7) is 4.86. The fraction of sp³-hybridized carbons (Fsp3) is 0.825. The van der Waals surface area contributed by atoms with E-state index in [4.69, 9.17) is 4.74 Å². The summed E-state index contributed by atoms with van der Waals surface area (Å²) in [5.74, 6) is -0.147. The summed E-state index contributed by atoms with van der Waals surface area (Å²) >= 11 is 0. The van der Waals surface area contributed by atoms with Crippen molar-refractivity contribution in [3.8, 4) is 0 Å². The molecule has 0 saturated carbocycles. The second kappa shape index (κ2) is 52.4. The molecule has 3 N–H and O–H groups in total. The lowest BCUT2D eigenvalue weighted by Gasteiger charge is -2.22. The van der Waals surface area contributed by atoms with Gasteiger partial charge in [0.25, 0.3) is 0 Å². The molecule has 63 heavy (non-hydrogen) atoms. The lowest BCUT2D eigenvalue weighted by molar-refractivity contribution is -0.143. The second-order valence-corrected chi connectivity index (χ2v) is 18.6. The molecule has 1 amide bonds. The van der Waals surface area contributed by atoms with Gasteiger partial charge in [0.15, 0.2) is 0 Å². The molecule has 0 spiro atoms. The molecule has 0 saturated heterocycles. The van der Waals surface area contributed by atoms with Crippen molar-refractivity contribution in [3.05, 3.63) is 48.6 Å². The number of rotatable bonds is 50. The van der Waals surface area contributed by atoms with Crippen molar-refractivity contribution >= 4 is 11.9 Å². The average molecular weight is 884 g/mol. The summed E-state index contributed by atoms with van der Waals surface area (Å²) in [5.41, 5.74) is 0. The molecular formula is C57H105NO5. The van der Waals surface area contributed by atoms with Gasteiger partial charge in [-0.2, -0.15) is 0 Å². The number of hydrogen-bond acceptors (Lipinski definition) is 5. The molecule has 0 aromatic rings. The van der Waals surface area contributed by atoms with Gasteiger partial charge in [-0.15, -0.1) is 0 Å². The number of carbonyl (C=O) groups is 2. The number of aliphatic hydroxyl groups is 2. The van der Waals surface area contributed by atoms with Crippen molar-refractivity contribution in [1.29, 1.82) is 0 Å². The van der Waals surface area contributed by atoms with Crippen molar-refractivity contribution in [2.24, 2.45) is 0 Å². The van der Waals surface area contributed by atoms with Gasteiger partial charge in [0.05, 0.1) is 25.4 Å². The summed E-state index contributed by atoms with van der Waals surface area (Å²) in [6.07, 6.45) is 65.3. The van der Waals surface area contributed by atoms with Gasteiger partial charge < -0.3 is 20.3 Å². The predicted octanol–water partition coefficient (Wildman–Crippen LogP) is 16.6. The highest BCUT2D eigenvalue weighted by molar-refractivity contribution is 5.76. The van der Waals surface area contributed by atoms with Gasteiger partial charge in [-0.3, -0.25) is 9.59 Å². The van der Waals surface area contributed by atoms with Crippen molar-refractivity contribution in [3.63, 3.8) is 0 Å². The molecule has 2 unspecified atom stereocenters. The van der Waals surface area contributed by atoms with E-state index in [1.54, 1.807) is 0 Å². The number of allylic oxidation sites excluding steroid dienone is 8. The summed E-state index contributed by atoms with van der Waals surface area (Å²) in [6, 6.07) is -0.587. The minimum Gasteiger partial charge on any atom is -0.466 e. The molecule has 6 nitrogen and oxygen atoms in total. The predicted molar refractivity (Wildman–Crippen MR) is 273 cm³/mol. The van der Waals surface area contributed by atoms with Crippen LogP contribution in [-0.2, 0) is 14.3 Å². The molecule has 6 heteroatoms. The SMILES string of the molecule is CCCCCC/C=C\C/C=C\CCCCCCCC(=O)OCCCCCCCC/C=C\C/C=C\CCC(=O)NC(CO)C(O)CCCCCCCCCCCCCCCCCCC. The number of hydrogen-bond donors (Lipinski definition) is 3. The zero-order chi connectivity index (χ0) is 45.8. The van der Waals surface area contributed by atoms with E-state index in [9.17, 15) is 19.8 Å². The maximum atomic E-state index is 12.4. The maximum absolute atomic E-state index is 12.4.